The number of carboxylic acids is 1. The number of hydrogen-bond acceptors (Lipinski definition) is 5. The average Bonchev–Trinajstić information content (AvgIpc) is 3.14. The summed E-state index contributed by atoms with van der Waals surface area (Å²) in [7, 11) is 0.332. The average molecular weight is 506 g/mol. The lowest BCUT2D eigenvalue weighted by molar-refractivity contribution is -0.137. The molecule has 2 aromatic rings. The van der Waals surface area contributed by atoms with Crippen LogP contribution in [0.15, 0.2) is 65.6 Å². The van der Waals surface area contributed by atoms with Crippen LogP contribution in [0.2, 0.25) is 5.02 Å². The van der Waals surface area contributed by atoms with Gasteiger partial charge in [-0.1, -0.05) is 35.9 Å². The predicted molar refractivity (Wildman–Crippen MR) is 136 cm³/mol. The SMILES string of the molecule is CN(C)c1ccc(CN2C[C@H](NS(=O)(=O)c3ccc(Cl)cc3)C[C@H]2/C=C\CCCC(=O)O)cc1. The van der Waals surface area contributed by atoms with Crippen LogP contribution in [0.1, 0.15) is 31.2 Å². The molecule has 0 amide bonds. The normalized spacial score (nSPS) is 19.0. The fourth-order valence-electron chi connectivity index (χ4n) is 4.06. The first-order valence-corrected chi connectivity index (χ1v) is 13.2. The molecule has 0 aliphatic carbocycles. The molecule has 3 rings (SSSR count). The quantitative estimate of drug-likeness (QED) is 0.352. The van der Waals surface area contributed by atoms with E-state index in [0.29, 0.717) is 37.4 Å². The lowest BCUT2D eigenvalue weighted by Gasteiger charge is -2.22. The summed E-state index contributed by atoms with van der Waals surface area (Å²) in [6.45, 7) is 1.27. The maximum absolute atomic E-state index is 12.9. The zero-order valence-corrected chi connectivity index (χ0v) is 21.1. The van der Waals surface area contributed by atoms with Crippen molar-refractivity contribution in [2.75, 3.05) is 25.5 Å². The summed E-state index contributed by atoms with van der Waals surface area (Å²) < 4.78 is 28.6. The van der Waals surface area contributed by atoms with Crippen molar-refractivity contribution in [3.63, 3.8) is 0 Å². The van der Waals surface area contributed by atoms with Crippen LogP contribution >= 0.6 is 11.6 Å². The van der Waals surface area contributed by atoms with Crippen LogP contribution < -0.4 is 9.62 Å². The lowest BCUT2D eigenvalue weighted by Crippen LogP contribution is -2.37. The maximum Gasteiger partial charge on any atom is 0.303 e. The van der Waals surface area contributed by atoms with Crippen molar-refractivity contribution in [1.29, 1.82) is 0 Å². The number of nitrogens with one attached hydrogen (secondary N) is 1. The number of sulfonamides is 1. The molecule has 0 unspecified atom stereocenters. The van der Waals surface area contributed by atoms with Crippen molar-refractivity contribution < 1.29 is 18.3 Å². The van der Waals surface area contributed by atoms with E-state index in [4.69, 9.17) is 16.7 Å². The number of rotatable bonds is 11. The van der Waals surface area contributed by atoms with Gasteiger partial charge in [-0.05, 0) is 61.2 Å². The van der Waals surface area contributed by atoms with Crippen molar-refractivity contribution in [2.45, 2.75) is 49.2 Å². The van der Waals surface area contributed by atoms with Gasteiger partial charge in [0.15, 0.2) is 0 Å². The number of allylic oxidation sites excluding steroid dienone is 1. The van der Waals surface area contributed by atoms with E-state index in [1.165, 1.54) is 12.1 Å². The van der Waals surface area contributed by atoms with Crippen LogP contribution in [-0.4, -0.2) is 57.1 Å². The Morgan fingerprint density at radius 3 is 2.47 bits per heavy atom. The number of benzene rings is 2. The van der Waals surface area contributed by atoms with E-state index in [-0.39, 0.29) is 23.4 Å². The molecule has 184 valence electrons. The number of likely N-dealkylation sites (tertiary alicyclic amines) is 1. The molecule has 0 spiro atoms. The van der Waals surface area contributed by atoms with E-state index >= 15 is 0 Å². The number of anilines is 1. The molecule has 1 saturated heterocycles. The first kappa shape index (κ1) is 26.2. The van der Waals surface area contributed by atoms with Crippen molar-refractivity contribution >= 4 is 33.3 Å². The summed E-state index contributed by atoms with van der Waals surface area (Å²) in [6, 6.07) is 14.3. The Morgan fingerprint density at radius 1 is 1.18 bits per heavy atom. The van der Waals surface area contributed by atoms with Crippen LogP contribution in [0.25, 0.3) is 0 Å². The van der Waals surface area contributed by atoms with Gasteiger partial charge in [-0.15, -0.1) is 0 Å². The smallest absolute Gasteiger partial charge is 0.303 e. The second kappa shape index (κ2) is 11.8. The highest BCUT2D eigenvalue weighted by Gasteiger charge is 2.33. The van der Waals surface area contributed by atoms with Gasteiger partial charge in [0.1, 0.15) is 0 Å². The molecule has 1 aliphatic heterocycles. The first-order valence-electron chi connectivity index (χ1n) is 11.3. The highest BCUT2D eigenvalue weighted by Crippen LogP contribution is 2.25. The molecule has 2 N–H and O–H groups in total. The highest BCUT2D eigenvalue weighted by molar-refractivity contribution is 7.89. The van der Waals surface area contributed by atoms with Crippen molar-refractivity contribution in [3.8, 4) is 0 Å². The van der Waals surface area contributed by atoms with Crippen LogP contribution in [0.5, 0.6) is 0 Å². The number of halogens is 1. The summed E-state index contributed by atoms with van der Waals surface area (Å²) in [6.07, 6.45) is 6.11. The summed E-state index contributed by atoms with van der Waals surface area (Å²) >= 11 is 5.90. The molecule has 1 fully saturated rings. The molecule has 1 heterocycles. The van der Waals surface area contributed by atoms with Crippen LogP contribution in [0, 0.1) is 0 Å². The van der Waals surface area contributed by atoms with Crippen LogP contribution in [-0.2, 0) is 21.4 Å². The van der Waals surface area contributed by atoms with E-state index in [9.17, 15) is 13.2 Å². The summed E-state index contributed by atoms with van der Waals surface area (Å²) in [4.78, 5) is 15.2. The third-order valence-electron chi connectivity index (χ3n) is 5.85. The number of unbranched alkanes of at least 4 members (excludes halogenated alkanes) is 1. The molecule has 2 atom stereocenters. The molecule has 0 saturated carbocycles. The van der Waals surface area contributed by atoms with Crippen molar-refractivity contribution in [1.82, 2.24) is 9.62 Å². The lowest BCUT2D eigenvalue weighted by atomic mass is 10.1. The molecule has 0 radical (unpaired) electrons. The van der Waals surface area contributed by atoms with Crippen LogP contribution in [0.4, 0.5) is 5.69 Å². The minimum absolute atomic E-state index is 0.0521. The summed E-state index contributed by atoms with van der Waals surface area (Å²) in [5.74, 6) is -0.797. The van der Waals surface area contributed by atoms with Gasteiger partial charge in [-0.25, -0.2) is 13.1 Å². The number of aliphatic carboxylic acids is 1. The minimum atomic E-state index is -3.66. The van der Waals surface area contributed by atoms with E-state index < -0.39 is 16.0 Å². The standard InChI is InChI=1S/C25H32ClN3O4S/c1-28(2)22-12-8-19(9-13-22)17-29-18-21(16-23(29)6-4-3-5-7-25(30)31)27-34(32,33)24-14-10-20(26)11-15-24/h4,6,8-15,21,23,27H,3,5,7,16-18H2,1-2H3,(H,30,31)/b6-4-/t21-,23-/m1/s1. The Hall–Kier alpha value is -2.39. The molecule has 0 aromatic heterocycles. The topological polar surface area (TPSA) is 90.0 Å². The van der Waals surface area contributed by atoms with Gasteiger partial charge in [0.05, 0.1) is 4.90 Å². The Bertz CT molecular complexity index is 1090. The van der Waals surface area contributed by atoms with Gasteiger partial charge in [0.2, 0.25) is 10.0 Å². The largest absolute Gasteiger partial charge is 0.481 e. The molecule has 1 aliphatic rings. The van der Waals surface area contributed by atoms with Gasteiger partial charge in [-0.2, -0.15) is 0 Å². The highest BCUT2D eigenvalue weighted by atomic mass is 35.5. The summed E-state index contributed by atoms with van der Waals surface area (Å²) in [5.41, 5.74) is 2.27. The number of carboxylic acid groups (broad SMARTS) is 1. The van der Waals surface area contributed by atoms with E-state index in [1.807, 2.05) is 25.1 Å². The molecular weight excluding hydrogens is 474 g/mol. The Balaban J connectivity index is 1.70. The number of carbonyl (C=O) groups is 1. The number of nitrogens with zero attached hydrogens (tertiary/aromatic N) is 2. The first-order chi connectivity index (χ1) is 16.1. The van der Waals surface area contributed by atoms with Gasteiger partial charge in [0.25, 0.3) is 0 Å². The monoisotopic (exact) mass is 505 g/mol. The van der Waals surface area contributed by atoms with Gasteiger partial charge in [-0.3, -0.25) is 9.69 Å². The van der Waals surface area contributed by atoms with Crippen molar-refractivity contribution in [2.24, 2.45) is 0 Å². The Kier molecular flexibility index (Phi) is 9.13. The molecule has 0 bridgehead atoms. The van der Waals surface area contributed by atoms with Gasteiger partial charge >= 0.3 is 5.97 Å². The zero-order valence-electron chi connectivity index (χ0n) is 19.5. The Labute approximate surface area is 207 Å². The van der Waals surface area contributed by atoms with Gasteiger partial charge in [0, 0.05) is 56.4 Å². The molecule has 9 heteroatoms. The van der Waals surface area contributed by atoms with E-state index in [0.717, 1.165) is 11.3 Å². The molecular formula is C25H32ClN3O4S. The fourth-order valence-corrected chi connectivity index (χ4v) is 5.43. The zero-order chi connectivity index (χ0) is 24.7. The molecule has 34 heavy (non-hydrogen) atoms. The molecule has 2 aromatic carbocycles. The third-order valence-corrected chi connectivity index (χ3v) is 7.64. The molecule has 7 nitrogen and oxygen atoms in total. The fraction of sp³-hybridized carbons (Fsp3) is 0.400. The maximum atomic E-state index is 12.9. The van der Waals surface area contributed by atoms with E-state index in [1.54, 1.807) is 12.1 Å². The van der Waals surface area contributed by atoms with Gasteiger partial charge < -0.3 is 10.0 Å². The predicted octanol–water partition coefficient (Wildman–Crippen LogP) is 4.14. The second-order valence-electron chi connectivity index (χ2n) is 8.78. The second-order valence-corrected chi connectivity index (χ2v) is 10.9. The Morgan fingerprint density at radius 2 is 1.85 bits per heavy atom. The van der Waals surface area contributed by atoms with Crippen molar-refractivity contribution in [3.05, 3.63) is 71.3 Å². The summed E-state index contributed by atoms with van der Waals surface area (Å²) in [5, 5.41) is 9.31. The number of hydrogen-bond donors (Lipinski definition) is 2. The third kappa shape index (κ3) is 7.56. The van der Waals surface area contributed by atoms with Crippen LogP contribution in [0.3, 0.4) is 0 Å². The van der Waals surface area contributed by atoms with E-state index in [2.05, 4.69) is 40.0 Å². The minimum Gasteiger partial charge on any atom is -0.481 e.